The van der Waals surface area contributed by atoms with E-state index in [0.29, 0.717) is 19.8 Å². The van der Waals surface area contributed by atoms with Crippen molar-refractivity contribution >= 4 is 26.7 Å². The van der Waals surface area contributed by atoms with Crippen molar-refractivity contribution in [3.63, 3.8) is 0 Å². The number of ether oxygens (including phenoxy) is 3. The van der Waals surface area contributed by atoms with Gasteiger partial charge in [0.2, 0.25) is 0 Å². The fourth-order valence-corrected chi connectivity index (χ4v) is 2.70. The van der Waals surface area contributed by atoms with Gasteiger partial charge in [0.05, 0.1) is 16.8 Å². The van der Waals surface area contributed by atoms with Crippen molar-refractivity contribution in [3.05, 3.63) is 12.1 Å². The molecule has 2 aromatic rings. The molecule has 0 amide bonds. The summed E-state index contributed by atoms with van der Waals surface area (Å²) < 4.78 is 17.2. The molecule has 1 aliphatic rings. The van der Waals surface area contributed by atoms with Crippen LogP contribution in [0, 0.1) is 0 Å². The van der Waals surface area contributed by atoms with E-state index < -0.39 is 0 Å². The lowest BCUT2D eigenvalue weighted by Crippen LogP contribution is -2.15. The second kappa shape index (κ2) is 4.99. The Morgan fingerprint density at radius 2 is 2.11 bits per heavy atom. The molecule has 0 unspecified atom stereocenters. The Morgan fingerprint density at radius 1 is 1.33 bits per heavy atom. The number of hydrogen-bond acceptors (Lipinski definition) is 6. The van der Waals surface area contributed by atoms with Crippen LogP contribution in [-0.4, -0.2) is 38.5 Å². The van der Waals surface area contributed by atoms with Crippen molar-refractivity contribution in [1.29, 1.82) is 0 Å². The first-order valence-electron chi connectivity index (χ1n) is 5.80. The third-order valence-corrected chi connectivity index (χ3v) is 3.61. The number of hydrogen-bond donors (Lipinski definition) is 1. The highest BCUT2D eigenvalue weighted by molar-refractivity contribution is 7.22. The van der Waals surface area contributed by atoms with Gasteiger partial charge in [-0.3, -0.25) is 0 Å². The van der Waals surface area contributed by atoms with Crippen LogP contribution in [0.1, 0.15) is 0 Å². The van der Waals surface area contributed by atoms with Crippen LogP contribution >= 0.6 is 11.3 Å². The van der Waals surface area contributed by atoms with Crippen molar-refractivity contribution < 1.29 is 14.2 Å². The smallest absolute Gasteiger partial charge is 0.183 e. The highest BCUT2D eigenvalue weighted by Gasteiger charge is 2.14. The van der Waals surface area contributed by atoms with Crippen molar-refractivity contribution in [3.8, 4) is 11.5 Å². The summed E-state index contributed by atoms with van der Waals surface area (Å²) in [6.07, 6.45) is 0. The SMILES string of the molecule is COCCNc1nc2cc3c(cc2s1)OCCO3. The molecule has 1 N–H and O–H groups in total. The molecule has 18 heavy (non-hydrogen) atoms. The van der Waals surface area contributed by atoms with E-state index in [9.17, 15) is 0 Å². The van der Waals surface area contributed by atoms with Gasteiger partial charge in [0.15, 0.2) is 16.6 Å². The van der Waals surface area contributed by atoms with Crippen LogP contribution in [0.25, 0.3) is 10.2 Å². The number of aromatic nitrogens is 1. The minimum absolute atomic E-state index is 0.599. The first kappa shape index (κ1) is 11.6. The van der Waals surface area contributed by atoms with Crippen LogP contribution in [-0.2, 0) is 4.74 Å². The maximum atomic E-state index is 5.55. The third kappa shape index (κ3) is 2.21. The topological polar surface area (TPSA) is 52.6 Å². The molecule has 0 fully saturated rings. The number of fused-ring (bicyclic) bond motifs is 2. The van der Waals surface area contributed by atoms with Crippen LogP contribution in [0.5, 0.6) is 11.5 Å². The quantitative estimate of drug-likeness (QED) is 0.859. The summed E-state index contributed by atoms with van der Waals surface area (Å²) in [5.41, 5.74) is 0.934. The lowest BCUT2D eigenvalue weighted by Gasteiger charge is -2.17. The largest absolute Gasteiger partial charge is 0.486 e. The van der Waals surface area contributed by atoms with E-state index in [-0.39, 0.29) is 0 Å². The number of nitrogens with one attached hydrogen (secondary N) is 1. The third-order valence-electron chi connectivity index (χ3n) is 2.63. The van der Waals surface area contributed by atoms with Gasteiger partial charge in [-0.15, -0.1) is 0 Å². The highest BCUT2D eigenvalue weighted by Crippen LogP contribution is 2.37. The van der Waals surface area contributed by atoms with Gasteiger partial charge in [-0.2, -0.15) is 0 Å². The van der Waals surface area contributed by atoms with E-state index in [1.165, 1.54) is 0 Å². The van der Waals surface area contributed by atoms with Gasteiger partial charge in [-0.05, 0) is 0 Å². The van der Waals surface area contributed by atoms with Crippen LogP contribution in [0.15, 0.2) is 12.1 Å². The number of anilines is 1. The van der Waals surface area contributed by atoms with E-state index in [4.69, 9.17) is 14.2 Å². The Hall–Kier alpha value is -1.53. The molecule has 6 heteroatoms. The Labute approximate surface area is 109 Å². The Balaban J connectivity index is 1.87. The number of thiazole rings is 1. The van der Waals surface area contributed by atoms with Crippen LogP contribution < -0.4 is 14.8 Å². The Kier molecular flexibility index (Phi) is 3.21. The molecule has 0 aliphatic carbocycles. The summed E-state index contributed by atoms with van der Waals surface area (Å²) in [6, 6.07) is 3.92. The average Bonchev–Trinajstić information content (AvgIpc) is 2.77. The normalized spacial score (nSPS) is 13.8. The summed E-state index contributed by atoms with van der Waals surface area (Å²) in [7, 11) is 1.68. The molecule has 0 saturated heterocycles. The summed E-state index contributed by atoms with van der Waals surface area (Å²) in [5, 5.41) is 4.12. The van der Waals surface area contributed by atoms with Crippen molar-refractivity contribution in [2.45, 2.75) is 0 Å². The van der Waals surface area contributed by atoms with Gasteiger partial charge in [-0.1, -0.05) is 11.3 Å². The standard InChI is InChI=1S/C12H14N2O3S/c1-15-3-2-13-12-14-8-6-9-10(7-11(8)18-12)17-5-4-16-9/h6-7H,2-5H2,1H3,(H,13,14). The van der Waals surface area contributed by atoms with E-state index in [2.05, 4.69) is 10.3 Å². The molecule has 0 saturated carbocycles. The van der Waals surface area contributed by atoms with Gasteiger partial charge >= 0.3 is 0 Å². The molecule has 1 aromatic carbocycles. The van der Waals surface area contributed by atoms with Gasteiger partial charge < -0.3 is 19.5 Å². The lowest BCUT2D eigenvalue weighted by atomic mass is 10.3. The second-order valence-electron chi connectivity index (χ2n) is 3.90. The van der Waals surface area contributed by atoms with Gasteiger partial charge in [0.1, 0.15) is 13.2 Å². The average molecular weight is 266 g/mol. The zero-order chi connectivity index (χ0) is 12.4. The molecular weight excluding hydrogens is 252 g/mol. The van der Waals surface area contributed by atoms with E-state index in [0.717, 1.165) is 33.4 Å². The summed E-state index contributed by atoms with van der Waals surface area (Å²) >= 11 is 1.61. The van der Waals surface area contributed by atoms with E-state index in [1.807, 2.05) is 12.1 Å². The maximum Gasteiger partial charge on any atom is 0.183 e. The monoisotopic (exact) mass is 266 g/mol. The number of methoxy groups -OCH3 is 1. The zero-order valence-corrected chi connectivity index (χ0v) is 10.9. The predicted octanol–water partition coefficient (Wildman–Crippen LogP) is 2.13. The van der Waals surface area contributed by atoms with Crippen LogP contribution in [0.2, 0.25) is 0 Å². The molecule has 2 heterocycles. The van der Waals surface area contributed by atoms with Crippen molar-refractivity contribution in [2.24, 2.45) is 0 Å². The summed E-state index contributed by atoms with van der Waals surface area (Å²) in [5.74, 6) is 1.59. The van der Waals surface area contributed by atoms with Gasteiger partial charge in [0, 0.05) is 25.8 Å². The minimum Gasteiger partial charge on any atom is -0.486 e. The first-order valence-corrected chi connectivity index (χ1v) is 6.61. The number of benzene rings is 1. The fraction of sp³-hybridized carbons (Fsp3) is 0.417. The fourth-order valence-electron chi connectivity index (χ4n) is 1.80. The van der Waals surface area contributed by atoms with Gasteiger partial charge in [0.25, 0.3) is 0 Å². The maximum absolute atomic E-state index is 5.55. The lowest BCUT2D eigenvalue weighted by molar-refractivity contribution is 0.172. The number of nitrogens with zero attached hydrogens (tertiary/aromatic N) is 1. The zero-order valence-electron chi connectivity index (χ0n) is 10.1. The molecule has 0 atom stereocenters. The number of rotatable bonds is 4. The molecular formula is C12H14N2O3S. The van der Waals surface area contributed by atoms with Crippen molar-refractivity contribution in [1.82, 2.24) is 4.98 Å². The predicted molar refractivity (Wildman–Crippen MR) is 71.0 cm³/mol. The Morgan fingerprint density at radius 3 is 2.89 bits per heavy atom. The minimum atomic E-state index is 0.599. The summed E-state index contributed by atoms with van der Waals surface area (Å²) in [4.78, 5) is 4.51. The van der Waals surface area contributed by atoms with Gasteiger partial charge in [-0.25, -0.2) is 4.98 Å². The second-order valence-corrected chi connectivity index (χ2v) is 4.93. The molecule has 5 nitrogen and oxygen atoms in total. The molecule has 0 bridgehead atoms. The van der Waals surface area contributed by atoms with Crippen molar-refractivity contribution in [2.75, 3.05) is 38.8 Å². The first-order chi connectivity index (χ1) is 8.86. The molecule has 0 spiro atoms. The highest BCUT2D eigenvalue weighted by atomic mass is 32.1. The molecule has 1 aliphatic heterocycles. The van der Waals surface area contributed by atoms with E-state index >= 15 is 0 Å². The molecule has 96 valence electrons. The molecule has 1 aromatic heterocycles. The van der Waals surface area contributed by atoms with E-state index in [1.54, 1.807) is 18.4 Å². The van der Waals surface area contributed by atoms with Crippen LogP contribution in [0.4, 0.5) is 5.13 Å². The molecule has 0 radical (unpaired) electrons. The van der Waals surface area contributed by atoms with Crippen LogP contribution in [0.3, 0.4) is 0 Å². The molecule has 3 rings (SSSR count). The Bertz CT molecular complexity index is 512. The summed E-state index contributed by atoms with van der Waals surface area (Å²) in [6.45, 7) is 2.62.